The van der Waals surface area contributed by atoms with Gasteiger partial charge in [-0.25, -0.2) is 0 Å². The monoisotopic (exact) mass is 313 g/mol. The minimum Gasteiger partial charge on any atom is -0.495 e. The maximum absolute atomic E-state index is 12.1. The van der Waals surface area contributed by atoms with Gasteiger partial charge in [0.15, 0.2) is 0 Å². The molecule has 0 aromatic heterocycles. The Bertz CT molecular complexity index is 555. The van der Waals surface area contributed by atoms with Crippen LogP contribution in [0.5, 0.6) is 5.75 Å². The van der Waals surface area contributed by atoms with Crippen LogP contribution in [0.4, 0.5) is 5.69 Å². The van der Waals surface area contributed by atoms with Crippen LogP contribution in [0.25, 0.3) is 0 Å². The molecule has 21 heavy (non-hydrogen) atoms. The van der Waals surface area contributed by atoms with Gasteiger partial charge in [-0.3, -0.25) is 9.59 Å². The standard InChI is InChI=1S/C15H20ClNO4/c1-9-5-11(12(21-4)6-10(9)16)17-13(18)7-15(2,3)8-14(19)20/h5-6H,7-8H2,1-4H3,(H,17,18)(H,19,20). The highest BCUT2D eigenvalue weighted by molar-refractivity contribution is 6.31. The number of amides is 1. The Balaban J connectivity index is 2.84. The first-order chi connectivity index (χ1) is 9.64. The molecule has 0 bridgehead atoms. The smallest absolute Gasteiger partial charge is 0.303 e. The summed E-state index contributed by atoms with van der Waals surface area (Å²) in [6, 6.07) is 3.36. The summed E-state index contributed by atoms with van der Waals surface area (Å²) in [5, 5.41) is 12.1. The van der Waals surface area contributed by atoms with Gasteiger partial charge in [-0.1, -0.05) is 25.4 Å². The lowest BCUT2D eigenvalue weighted by molar-refractivity contribution is -0.139. The highest BCUT2D eigenvalue weighted by Gasteiger charge is 2.25. The van der Waals surface area contributed by atoms with Gasteiger partial charge in [-0.05, 0) is 24.0 Å². The Morgan fingerprint density at radius 2 is 1.95 bits per heavy atom. The average Bonchev–Trinajstić information content (AvgIpc) is 2.30. The van der Waals surface area contributed by atoms with Crippen LogP contribution in [0.2, 0.25) is 5.02 Å². The third-order valence-electron chi connectivity index (χ3n) is 3.02. The fourth-order valence-electron chi connectivity index (χ4n) is 2.03. The van der Waals surface area contributed by atoms with E-state index in [1.54, 1.807) is 26.0 Å². The summed E-state index contributed by atoms with van der Waals surface area (Å²) in [7, 11) is 1.49. The molecule has 0 heterocycles. The van der Waals surface area contributed by atoms with Gasteiger partial charge in [0.1, 0.15) is 5.75 Å². The van der Waals surface area contributed by atoms with E-state index in [1.807, 2.05) is 6.92 Å². The fraction of sp³-hybridized carbons (Fsp3) is 0.467. The van der Waals surface area contributed by atoms with E-state index in [0.717, 1.165) is 5.56 Å². The van der Waals surface area contributed by atoms with E-state index < -0.39 is 11.4 Å². The van der Waals surface area contributed by atoms with Gasteiger partial charge >= 0.3 is 5.97 Å². The lowest BCUT2D eigenvalue weighted by Gasteiger charge is -2.22. The maximum Gasteiger partial charge on any atom is 0.303 e. The summed E-state index contributed by atoms with van der Waals surface area (Å²) in [6.07, 6.45) is 0.0291. The van der Waals surface area contributed by atoms with E-state index in [9.17, 15) is 9.59 Å². The minimum atomic E-state index is -0.923. The highest BCUT2D eigenvalue weighted by Crippen LogP contribution is 2.32. The molecule has 1 aromatic rings. The molecule has 0 spiro atoms. The van der Waals surface area contributed by atoms with E-state index in [1.165, 1.54) is 7.11 Å². The Morgan fingerprint density at radius 1 is 1.33 bits per heavy atom. The first-order valence-corrected chi connectivity index (χ1v) is 6.88. The predicted molar refractivity (Wildman–Crippen MR) is 82.0 cm³/mol. The summed E-state index contributed by atoms with van der Waals surface area (Å²) in [5.41, 5.74) is 0.720. The van der Waals surface area contributed by atoms with Crippen molar-refractivity contribution in [3.05, 3.63) is 22.7 Å². The molecule has 0 fully saturated rings. The first-order valence-electron chi connectivity index (χ1n) is 6.50. The number of carboxylic acid groups (broad SMARTS) is 1. The number of hydrogen-bond acceptors (Lipinski definition) is 3. The Kier molecular flexibility index (Phi) is 5.61. The maximum atomic E-state index is 12.1. The van der Waals surface area contributed by atoms with E-state index in [4.69, 9.17) is 21.4 Å². The zero-order valence-electron chi connectivity index (χ0n) is 12.6. The Hall–Kier alpha value is -1.75. The van der Waals surface area contributed by atoms with Crippen molar-refractivity contribution in [3.8, 4) is 5.75 Å². The number of carboxylic acids is 1. The second kappa shape index (κ2) is 6.80. The van der Waals surface area contributed by atoms with Crippen molar-refractivity contribution in [2.75, 3.05) is 12.4 Å². The predicted octanol–water partition coefficient (Wildman–Crippen LogP) is 3.49. The van der Waals surface area contributed by atoms with Gasteiger partial charge in [-0.15, -0.1) is 0 Å². The topological polar surface area (TPSA) is 75.6 Å². The van der Waals surface area contributed by atoms with Crippen LogP contribution in [0.3, 0.4) is 0 Å². The molecule has 0 aliphatic heterocycles. The molecule has 6 heteroatoms. The van der Waals surface area contributed by atoms with Gasteiger partial charge in [-0.2, -0.15) is 0 Å². The molecular weight excluding hydrogens is 294 g/mol. The van der Waals surface area contributed by atoms with Gasteiger partial charge in [0.25, 0.3) is 0 Å². The van der Waals surface area contributed by atoms with E-state index in [2.05, 4.69) is 5.32 Å². The number of anilines is 1. The van der Waals surface area contributed by atoms with Crippen LogP contribution in [0.15, 0.2) is 12.1 Å². The number of carbonyl (C=O) groups excluding carboxylic acids is 1. The van der Waals surface area contributed by atoms with Crippen LogP contribution in [-0.4, -0.2) is 24.1 Å². The molecule has 1 aromatic carbocycles. The number of halogens is 1. The van der Waals surface area contributed by atoms with Crippen LogP contribution in [0.1, 0.15) is 32.3 Å². The van der Waals surface area contributed by atoms with Crippen molar-refractivity contribution in [1.82, 2.24) is 0 Å². The van der Waals surface area contributed by atoms with E-state index in [-0.39, 0.29) is 18.7 Å². The molecule has 116 valence electrons. The van der Waals surface area contributed by atoms with E-state index >= 15 is 0 Å². The molecule has 5 nitrogen and oxygen atoms in total. The molecule has 0 saturated heterocycles. The number of benzene rings is 1. The van der Waals surface area contributed by atoms with Crippen LogP contribution < -0.4 is 10.1 Å². The number of methoxy groups -OCH3 is 1. The van der Waals surface area contributed by atoms with Crippen molar-refractivity contribution in [2.24, 2.45) is 5.41 Å². The minimum absolute atomic E-state index is 0.0722. The molecule has 1 amide bonds. The number of nitrogens with one attached hydrogen (secondary N) is 1. The zero-order valence-corrected chi connectivity index (χ0v) is 13.4. The number of hydrogen-bond donors (Lipinski definition) is 2. The number of carbonyl (C=O) groups is 2. The normalized spacial score (nSPS) is 11.1. The Morgan fingerprint density at radius 3 is 2.48 bits per heavy atom. The highest BCUT2D eigenvalue weighted by atomic mass is 35.5. The lowest BCUT2D eigenvalue weighted by atomic mass is 9.85. The molecule has 0 saturated carbocycles. The molecule has 1 rings (SSSR count). The molecular formula is C15H20ClNO4. The number of aliphatic carboxylic acids is 1. The number of ether oxygens (including phenoxy) is 1. The number of aryl methyl sites for hydroxylation is 1. The lowest BCUT2D eigenvalue weighted by Crippen LogP contribution is -2.25. The first kappa shape index (κ1) is 17.3. The van der Waals surface area contributed by atoms with Crippen LogP contribution in [-0.2, 0) is 9.59 Å². The molecule has 0 aliphatic carbocycles. The second-order valence-corrected chi connectivity index (χ2v) is 6.17. The Labute approximate surface area is 129 Å². The third kappa shape index (κ3) is 5.27. The van der Waals surface area contributed by atoms with Crippen molar-refractivity contribution in [3.63, 3.8) is 0 Å². The summed E-state index contributed by atoms with van der Waals surface area (Å²) >= 11 is 6.01. The van der Waals surface area contributed by atoms with E-state index in [0.29, 0.717) is 16.5 Å². The van der Waals surface area contributed by atoms with Crippen molar-refractivity contribution >= 4 is 29.2 Å². The molecule has 0 aliphatic rings. The average molecular weight is 314 g/mol. The third-order valence-corrected chi connectivity index (χ3v) is 3.43. The zero-order chi connectivity index (χ0) is 16.2. The summed E-state index contributed by atoms with van der Waals surface area (Å²) < 4.78 is 5.18. The summed E-state index contributed by atoms with van der Waals surface area (Å²) in [4.78, 5) is 22.9. The SMILES string of the molecule is COc1cc(Cl)c(C)cc1NC(=O)CC(C)(C)CC(=O)O. The van der Waals surface area contributed by atoms with Gasteiger partial charge < -0.3 is 15.2 Å². The van der Waals surface area contributed by atoms with Crippen molar-refractivity contribution < 1.29 is 19.4 Å². The fourth-order valence-corrected chi connectivity index (χ4v) is 2.18. The molecule has 0 unspecified atom stereocenters. The quantitative estimate of drug-likeness (QED) is 0.843. The molecule has 0 radical (unpaired) electrons. The molecule has 2 N–H and O–H groups in total. The van der Waals surface area contributed by atoms with Crippen molar-refractivity contribution in [2.45, 2.75) is 33.6 Å². The van der Waals surface area contributed by atoms with Crippen LogP contribution >= 0.6 is 11.6 Å². The number of rotatable bonds is 6. The van der Waals surface area contributed by atoms with Gasteiger partial charge in [0.05, 0.1) is 19.2 Å². The van der Waals surface area contributed by atoms with Crippen LogP contribution in [0, 0.1) is 12.3 Å². The largest absolute Gasteiger partial charge is 0.495 e. The second-order valence-electron chi connectivity index (χ2n) is 5.76. The van der Waals surface area contributed by atoms with Gasteiger partial charge in [0, 0.05) is 17.5 Å². The van der Waals surface area contributed by atoms with Gasteiger partial charge in [0.2, 0.25) is 5.91 Å². The summed E-state index contributed by atoms with van der Waals surface area (Å²) in [6.45, 7) is 5.31. The van der Waals surface area contributed by atoms with Crippen molar-refractivity contribution in [1.29, 1.82) is 0 Å². The summed E-state index contributed by atoms with van der Waals surface area (Å²) in [5.74, 6) is -0.719. The molecule has 0 atom stereocenters.